The van der Waals surface area contributed by atoms with Crippen molar-refractivity contribution in [2.45, 2.75) is 26.4 Å². The Morgan fingerprint density at radius 3 is 2.12 bits per heavy atom. The molecule has 8 heavy (non-hydrogen) atoms. The summed E-state index contributed by atoms with van der Waals surface area (Å²) in [7, 11) is 0. The molecule has 0 unspecified atom stereocenters. The fraction of sp³-hybridized carbons (Fsp3) is 0.800. The number of hydrogen-bond donors (Lipinski definition) is 0. The summed E-state index contributed by atoms with van der Waals surface area (Å²) in [5, 5.41) is 7.63. The lowest BCUT2D eigenvalue weighted by molar-refractivity contribution is 0.550. The first kappa shape index (κ1) is 5.41. The third-order valence-electron chi connectivity index (χ3n) is 0.875. The molecule has 0 N–H and O–H groups in total. The number of hydrogen-bond acceptors (Lipinski definition) is 3. The Labute approximate surface area is 48.5 Å². The van der Waals surface area contributed by atoms with Gasteiger partial charge in [-0.3, -0.25) is 0 Å². The van der Waals surface area contributed by atoms with E-state index in [0.717, 1.165) is 5.84 Å². The lowest BCUT2D eigenvalue weighted by Crippen LogP contribution is -2.08. The molecular weight excluding hydrogens is 102 g/mol. The lowest BCUT2D eigenvalue weighted by atomic mass is 10.3. The summed E-state index contributed by atoms with van der Waals surface area (Å²) >= 11 is 0. The van der Waals surface area contributed by atoms with Crippen molar-refractivity contribution in [2.24, 2.45) is 15.2 Å². The molecule has 1 aliphatic heterocycles. The summed E-state index contributed by atoms with van der Waals surface area (Å²) in [6, 6.07) is 0. The van der Waals surface area contributed by atoms with Gasteiger partial charge in [0.15, 0.2) is 5.66 Å². The van der Waals surface area contributed by atoms with E-state index in [0.29, 0.717) is 0 Å². The second-order valence-electron chi connectivity index (χ2n) is 2.35. The molecule has 0 aromatic heterocycles. The zero-order valence-electron chi connectivity index (χ0n) is 5.34. The summed E-state index contributed by atoms with van der Waals surface area (Å²) in [5.41, 5.74) is -0.288. The van der Waals surface area contributed by atoms with Crippen molar-refractivity contribution >= 4 is 5.84 Å². The molecule has 1 heterocycles. The first-order valence-electron chi connectivity index (χ1n) is 2.59. The standard InChI is InChI=1S/C5H9N3/c1-4-6-5(2,3)8-7-4/h1-3H3. The number of rotatable bonds is 0. The van der Waals surface area contributed by atoms with Crippen LogP contribution in [-0.2, 0) is 0 Å². The second kappa shape index (κ2) is 1.37. The zero-order valence-corrected chi connectivity index (χ0v) is 5.34. The first-order valence-corrected chi connectivity index (χ1v) is 2.59. The van der Waals surface area contributed by atoms with E-state index in [2.05, 4.69) is 15.2 Å². The number of nitrogens with zero attached hydrogens (tertiary/aromatic N) is 3. The Morgan fingerprint density at radius 2 is 2.00 bits per heavy atom. The third-order valence-corrected chi connectivity index (χ3v) is 0.875. The van der Waals surface area contributed by atoms with Gasteiger partial charge in [0, 0.05) is 0 Å². The van der Waals surface area contributed by atoms with Crippen LogP contribution in [0.1, 0.15) is 20.8 Å². The summed E-state index contributed by atoms with van der Waals surface area (Å²) in [5.74, 6) is 0.773. The molecule has 0 fully saturated rings. The van der Waals surface area contributed by atoms with Crippen molar-refractivity contribution in [2.75, 3.05) is 0 Å². The number of aliphatic imine (C=N–C) groups is 1. The molecular formula is C5H9N3. The van der Waals surface area contributed by atoms with Gasteiger partial charge in [0.2, 0.25) is 0 Å². The average Bonchev–Trinajstić information content (AvgIpc) is 1.82. The van der Waals surface area contributed by atoms with Gasteiger partial charge >= 0.3 is 0 Å². The van der Waals surface area contributed by atoms with Crippen molar-refractivity contribution < 1.29 is 0 Å². The Morgan fingerprint density at radius 1 is 1.38 bits per heavy atom. The van der Waals surface area contributed by atoms with Crippen LogP contribution in [0.15, 0.2) is 15.2 Å². The van der Waals surface area contributed by atoms with Crippen LogP contribution in [0.5, 0.6) is 0 Å². The molecule has 0 spiro atoms. The second-order valence-corrected chi connectivity index (χ2v) is 2.35. The van der Waals surface area contributed by atoms with Crippen LogP contribution in [0.2, 0.25) is 0 Å². The maximum absolute atomic E-state index is 4.10. The van der Waals surface area contributed by atoms with Crippen LogP contribution in [0.25, 0.3) is 0 Å². The van der Waals surface area contributed by atoms with Gasteiger partial charge in [-0.05, 0) is 20.8 Å². The monoisotopic (exact) mass is 111 g/mol. The normalized spacial score (nSPS) is 23.6. The minimum Gasteiger partial charge on any atom is -0.238 e. The van der Waals surface area contributed by atoms with Crippen LogP contribution in [0.3, 0.4) is 0 Å². The predicted octanol–water partition coefficient (Wildman–Crippen LogP) is 1.61. The minimum atomic E-state index is -0.288. The van der Waals surface area contributed by atoms with E-state index in [-0.39, 0.29) is 5.66 Å². The SMILES string of the molecule is CC1=NC(C)(C)N=N1. The molecule has 0 aromatic carbocycles. The van der Waals surface area contributed by atoms with E-state index in [1.807, 2.05) is 20.8 Å². The van der Waals surface area contributed by atoms with Gasteiger partial charge < -0.3 is 0 Å². The number of azo groups is 1. The van der Waals surface area contributed by atoms with Gasteiger partial charge in [-0.1, -0.05) is 0 Å². The average molecular weight is 111 g/mol. The molecule has 0 radical (unpaired) electrons. The molecule has 44 valence electrons. The van der Waals surface area contributed by atoms with Gasteiger partial charge in [-0.2, -0.15) is 5.11 Å². The van der Waals surface area contributed by atoms with Gasteiger partial charge in [0.05, 0.1) is 0 Å². The van der Waals surface area contributed by atoms with Crippen molar-refractivity contribution in [1.82, 2.24) is 0 Å². The van der Waals surface area contributed by atoms with Gasteiger partial charge in [0.1, 0.15) is 5.84 Å². The van der Waals surface area contributed by atoms with Gasteiger partial charge in [-0.25, -0.2) is 4.99 Å². The van der Waals surface area contributed by atoms with Crippen LogP contribution < -0.4 is 0 Å². The molecule has 0 aliphatic carbocycles. The zero-order chi connectivity index (χ0) is 6.20. The van der Waals surface area contributed by atoms with Crippen LogP contribution >= 0.6 is 0 Å². The quantitative estimate of drug-likeness (QED) is 0.455. The first-order chi connectivity index (χ1) is 3.60. The highest BCUT2D eigenvalue weighted by Gasteiger charge is 2.18. The Hall–Kier alpha value is -0.730. The summed E-state index contributed by atoms with van der Waals surface area (Å²) in [6.07, 6.45) is 0. The van der Waals surface area contributed by atoms with Crippen LogP contribution in [0.4, 0.5) is 0 Å². The number of amidine groups is 1. The van der Waals surface area contributed by atoms with E-state index in [9.17, 15) is 0 Å². The lowest BCUT2D eigenvalue weighted by Gasteiger charge is -2.03. The minimum absolute atomic E-state index is 0.288. The molecule has 0 saturated heterocycles. The Kier molecular flexibility index (Phi) is 0.927. The molecule has 3 heteroatoms. The Bertz CT molecular complexity index is 155. The van der Waals surface area contributed by atoms with Gasteiger partial charge in [-0.15, -0.1) is 5.11 Å². The largest absolute Gasteiger partial charge is 0.238 e. The van der Waals surface area contributed by atoms with E-state index in [4.69, 9.17) is 0 Å². The third kappa shape index (κ3) is 0.911. The smallest absolute Gasteiger partial charge is 0.167 e. The summed E-state index contributed by atoms with van der Waals surface area (Å²) in [6.45, 7) is 5.69. The van der Waals surface area contributed by atoms with Crippen molar-refractivity contribution in [1.29, 1.82) is 0 Å². The van der Waals surface area contributed by atoms with Crippen LogP contribution in [0, 0.1) is 0 Å². The highest BCUT2D eigenvalue weighted by atomic mass is 15.3. The van der Waals surface area contributed by atoms with Gasteiger partial charge in [0.25, 0.3) is 0 Å². The fourth-order valence-electron chi connectivity index (χ4n) is 0.635. The highest BCUT2D eigenvalue weighted by molar-refractivity contribution is 5.81. The topological polar surface area (TPSA) is 37.1 Å². The highest BCUT2D eigenvalue weighted by Crippen LogP contribution is 2.16. The molecule has 0 atom stereocenters. The molecule has 1 rings (SSSR count). The van der Waals surface area contributed by atoms with Crippen molar-refractivity contribution in [3.8, 4) is 0 Å². The predicted molar refractivity (Wildman–Crippen MR) is 32.0 cm³/mol. The molecule has 3 nitrogen and oxygen atoms in total. The summed E-state index contributed by atoms with van der Waals surface area (Å²) in [4.78, 5) is 4.10. The molecule has 0 amide bonds. The van der Waals surface area contributed by atoms with Crippen molar-refractivity contribution in [3.63, 3.8) is 0 Å². The molecule has 1 aliphatic rings. The van der Waals surface area contributed by atoms with E-state index >= 15 is 0 Å². The van der Waals surface area contributed by atoms with E-state index in [1.165, 1.54) is 0 Å². The van der Waals surface area contributed by atoms with Crippen LogP contribution in [-0.4, -0.2) is 11.5 Å². The molecule has 0 saturated carbocycles. The fourth-order valence-corrected chi connectivity index (χ4v) is 0.635. The Balaban J connectivity index is 2.84. The van der Waals surface area contributed by atoms with Crippen molar-refractivity contribution in [3.05, 3.63) is 0 Å². The maximum Gasteiger partial charge on any atom is 0.167 e. The summed E-state index contributed by atoms with van der Waals surface area (Å²) < 4.78 is 0. The van der Waals surface area contributed by atoms with E-state index < -0.39 is 0 Å². The molecule has 0 aromatic rings. The van der Waals surface area contributed by atoms with E-state index in [1.54, 1.807) is 0 Å². The maximum atomic E-state index is 4.10. The molecule has 0 bridgehead atoms.